The van der Waals surface area contributed by atoms with E-state index in [0.29, 0.717) is 12.1 Å². The third-order valence-corrected chi connectivity index (χ3v) is 3.80. The van der Waals surface area contributed by atoms with E-state index in [9.17, 15) is 0 Å². The predicted molar refractivity (Wildman–Crippen MR) is 87.8 cm³/mol. The second kappa shape index (κ2) is 7.81. The van der Waals surface area contributed by atoms with Gasteiger partial charge in [0.1, 0.15) is 5.82 Å². The minimum atomic E-state index is 0. The minimum Gasteiger partial charge on any atom is -0.357 e. The molecule has 5 heteroatoms. The van der Waals surface area contributed by atoms with E-state index in [1.807, 2.05) is 6.20 Å². The molecule has 0 aliphatic carbocycles. The molecule has 1 N–H and O–H groups in total. The van der Waals surface area contributed by atoms with Crippen LogP contribution in [0.4, 0.5) is 5.82 Å². The van der Waals surface area contributed by atoms with Gasteiger partial charge in [0.25, 0.3) is 0 Å². The molecule has 1 aromatic heterocycles. The summed E-state index contributed by atoms with van der Waals surface area (Å²) < 4.78 is 0. The molecule has 2 rings (SSSR count). The molecule has 2 heterocycles. The molecule has 0 aromatic carbocycles. The Balaban J connectivity index is 0.00000200. The summed E-state index contributed by atoms with van der Waals surface area (Å²) in [5.41, 5.74) is 1.30. The average Bonchev–Trinajstić information content (AvgIpc) is 2.39. The van der Waals surface area contributed by atoms with E-state index < -0.39 is 0 Å². The number of piperazine rings is 1. The fraction of sp³-hybridized carbons (Fsp3) is 0.667. The lowest BCUT2D eigenvalue weighted by Crippen LogP contribution is -2.48. The van der Waals surface area contributed by atoms with Crippen LogP contribution in [-0.2, 0) is 6.54 Å². The van der Waals surface area contributed by atoms with Crippen molar-refractivity contribution < 1.29 is 0 Å². The van der Waals surface area contributed by atoms with Crippen LogP contribution in [-0.4, -0.2) is 48.6 Å². The molecule has 1 unspecified atom stereocenters. The summed E-state index contributed by atoms with van der Waals surface area (Å²) in [5, 5.41) is 3.47. The first-order valence-corrected chi connectivity index (χ1v) is 7.19. The van der Waals surface area contributed by atoms with Crippen molar-refractivity contribution in [3.63, 3.8) is 0 Å². The number of hydrogen-bond donors (Lipinski definition) is 1. The quantitative estimate of drug-likeness (QED) is 0.923. The van der Waals surface area contributed by atoms with Crippen molar-refractivity contribution >= 4 is 18.2 Å². The highest BCUT2D eigenvalue weighted by Crippen LogP contribution is 2.14. The fourth-order valence-electron chi connectivity index (χ4n) is 2.40. The molecule has 114 valence electrons. The number of nitrogens with one attached hydrogen (secondary N) is 1. The van der Waals surface area contributed by atoms with Crippen molar-refractivity contribution in [1.29, 1.82) is 0 Å². The summed E-state index contributed by atoms with van der Waals surface area (Å²) in [6.07, 6.45) is 2.01. The van der Waals surface area contributed by atoms with Gasteiger partial charge in [0.2, 0.25) is 0 Å². The normalized spacial score (nSPS) is 19.8. The maximum atomic E-state index is 4.57. The van der Waals surface area contributed by atoms with Gasteiger partial charge in [-0.05, 0) is 32.4 Å². The smallest absolute Gasteiger partial charge is 0.128 e. The Hall–Kier alpha value is -0.840. The zero-order valence-corrected chi connectivity index (χ0v) is 13.8. The first-order chi connectivity index (χ1) is 9.06. The van der Waals surface area contributed by atoms with E-state index in [1.165, 1.54) is 5.56 Å². The Morgan fingerprint density at radius 3 is 2.75 bits per heavy atom. The maximum absolute atomic E-state index is 4.57. The number of pyridine rings is 1. The zero-order chi connectivity index (χ0) is 13.8. The molecule has 1 aliphatic rings. The summed E-state index contributed by atoms with van der Waals surface area (Å²) in [6.45, 7) is 10.9. The average molecular weight is 299 g/mol. The van der Waals surface area contributed by atoms with Crippen molar-refractivity contribution in [1.82, 2.24) is 15.2 Å². The molecule has 0 saturated carbocycles. The van der Waals surface area contributed by atoms with Gasteiger partial charge in [0, 0.05) is 51.5 Å². The summed E-state index contributed by atoms with van der Waals surface area (Å²) >= 11 is 0. The van der Waals surface area contributed by atoms with Crippen LogP contribution < -0.4 is 10.2 Å². The second-order valence-corrected chi connectivity index (χ2v) is 5.82. The predicted octanol–water partition coefficient (Wildman–Crippen LogP) is 2.14. The molecular weight excluding hydrogens is 272 g/mol. The molecule has 1 fully saturated rings. The Kier molecular flexibility index (Phi) is 6.72. The molecule has 0 spiro atoms. The molecule has 0 radical (unpaired) electrons. The van der Waals surface area contributed by atoms with Crippen LogP contribution in [0.25, 0.3) is 0 Å². The van der Waals surface area contributed by atoms with Crippen molar-refractivity contribution in [3.8, 4) is 0 Å². The highest BCUT2D eigenvalue weighted by molar-refractivity contribution is 5.85. The molecule has 20 heavy (non-hydrogen) atoms. The molecule has 1 saturated heterocycles. The Bertz CT molecular complexity index is 393. The number of anilines is 1. The molecule has 1 aliphatic heterocycles. The summed E-state index contributed by atoms with van der Waals surface area (Å²) in [5.74, 6) is 1.05. The lowest BCUT2D eigenvalue weighted by molar-refractivity contribution is 0.199. The Morgan fingerprint density at radius 2 is 2.20 bits per heavy atom. The maximum Gasteiger partial charge on any atom is 0.128 e. The van der Waals surface area contributed by atoms with Gasteiger partial charge in [-0.3, -0.25) is 4.90 Å². The fourth-order valence-corrected chi connectivity index (χ4v) is 2.40. The van der Waals surface area contributed by atoms with Crippen LogP contribution in [0.2, 0.25) is 0 Å². The van der Waals surface area contributed by atoms with Crippen molar-refractivity contribution in [2.24, 2.45) is 0 Å². The third-order valence-electron chi connectivity index (χ3n) is 3.80. The van der Waals surface area contributed by atoms with E-state index in [0.717, 1.165) is 32.0 Å². The Labute approximate surface area is 129 Å². The SMILES string of the molecule is CC1CN(Cc2ccc(N(C)C(C)C)nc2)CCN1.Cl. The van der Waals surface area contributed by atoms with Gasteiger partial charge in [-0.1, -0.05) is 6.07 Å². The lowest BCUT2D eigenvalue weighted by atomic mass is 10.2. The number of halogens is 1. The van der Waals surface area contributed by atoms with Crippen LogP contribution in [0.15, 0.2) is 18.3 Å². The molecule has 1 atom stereocenters. The van der Waals surface area contributed by atoms with Crippen molar-refractivity contribution in [3.05, 3.63) is 23.9 Å². The molecule has 1 aromatic rings. The molecule has 0 amide bonds. The van der Waals surface area contributed by atoms with Crippen molar-refractivity contribution in [2.45, 2.75) is 39.4 Å². The van der Waals surface area contributed by atoms with E-state index >= 15 is 0 Å². The van der Waals surface area contributed by atoms with Gasteiger partial charge in [-0.2, -0.15) is 0 Å². The van der Waals surface area contributed by atoms with E-state index in [-0.39, 0.29) is 12.4 Å². The van der Waals surface area contributed by atoms with Crippen LogP contribution in [0.3, 0.4) is 0 Å². The Morgan fingerprint density at radius 1 is 1.45 bits per heavy atom. The third kappa shape index (κ3) is 4.62. The van der Waals surface area contributed by atoms with Crippen molar-refractivity contribution in [2.75, 3.05) is 31.6 Å². The van der Waals surface area contributed by atoms with Crippen LogP contribution in [0, 0.1) is 0 Å². The minimum absolute atomic E-state index is 0. The van der Waals surface area contributed by atoms with Gasteiger partial charge in [-0.15, -0.1) is 12.4 Å². The van der Waals surface area contributed by atoms with E-state index in [4.69, 9.17) is 0 Å². The van der Waals surface area contributed by atoms with E-state index in [2.05, 4.69) is 60.1 Å². The highest BCUT2D eigenvalue weighted by Gasteiger charge is 2.15. The summed E-state index contributed by atoms with van der Waals surface area (Å²) in [4.78, 5) is 9.25. The first-order valence-electron chi connectivity index (χ1n) is 7.19. The van der Waals surface area contributed by atoms with Gasteiger partial charge < -0.3 is 10.2 Å². The number of aromatic nitrogens is 1. The second-order valence-electron chi connectivity index (χ2n) is 5.82. The van der Waals surface area contributed by atoms with Gasteiger partial charge in [0.15, 0.2) is 0 Å². The largest absolute Gasteiger partial charge is 0.357 e. The monoisotopic (exact) mass is 298 g/mol. The highest BCUT2D eigenvalue weighted by atomic mass is 35.5. The first kappa shape index (κ1) is 17.2. The summed E-state index contributed by atoms with van der Waals surface area (Å²) in [6, 6.07) is 5.40. The van der Waals surface area contributed by atoms with Crippen LogP contribution in [0.1, 0.15) is 26.3 Å². The van der Waals surface area contributed by atoms with E-state index in [1.54, 1.807) is 0 Å². The van der Waals surface area contributed by atoms with Gasteiger partial charge in [-0.25, -0.2) is 4.98 Å². The van der Waals surface area contributed by atoms with Crippen LogP contribution in [0.5, 0.6) is 0 Å². The van der Waals surface area contributed by atoms with Gasteiger partial charge in [0.05, 0.1) is 0 Å². The molecule has 4 nitrogen and oxygen atoms in total. The molecule has 0 bridgehead atoms. The number of hydrogen-bond acceptors (Lipinski definition) is 4. The summed E-state index contributed by atoms with van der Waals surface area (Å²) in [7, 11) is 2.09. The van der Waals surface area contributed by atoms with Crippen LogP contribution >= 0.6 is 12.4 Å². The number of nitrogens with zero attached hydrogens (tertiary/aromatic N) is 3. The lowest BCUT2D eigenvalue weighted by Gasteiger charge is -2.31. The zero-order valence-electron chi connectivity index (χ0n) is 13.0. The standard InChI is InChI=1S/C15H26N4.ClH/c1-12(2)18(4)15-6-5-14(9-17-15)11-19-8-7-16-13(3)10-19;/h5-6,9,12-13,16H,7-8,10-11H2,1-4H3;1H. The topological polar surface area (TPSA) is 31.4 Å². The van der Waals surface area contributed by atoms with Gasteiger partial charge >= 0.3 is 0 Å². The molecular formula is C15H27ClN4. The number of rotatable bonds is 4.